The van der Waals surface area contributed by atoms with E-state index >= 15 is 0 Å². The first-order valence-corrected chi connectivity index (χ1v) is 21.5. The van der Waals surface area contributed by atoms with Crippen molar-refractivity contribution in [3.05, 3.63) is 127 Å². The molecule has 6 atom stereocenters. The molecule has 0 spiro atoms. The van der Waals surface area contributed by atoms with Gasteiger partial charge in [-0.05, 0) is 72.5 Å². The van der Waals surface area contributed by atoms with Crippen LogP contribution in [0.15, 0.2) is 120 Å². The van der Waals surface area contributed by atoms with E-state index in [9.17, 15) is 28.8 Å². The van der Waals surface area contributed by atoms with E-state index in [4.69, 9.17) is 13.9 Å². The molecule has 5 aromatic rings. The molecule has 0 aliphatic carbocycles. The van der Waals surface area contributed by atoms with Crippen LogP contribution < -0.4 is 21.3 Å². The van der Waals surface area contributed by atoms with Crippen molar-refractivity contribution < 1.29 is 42.7 Å². The first-order chi connectivity index (χ1) is 31.4. The number of nitrogens with one attached hydrogen (secondary N) is 4. The minimum atomic E-state index is -0.894. The Hall–Kier alpha value is -7.17. The zero-order valence-electron chi connectivity index (χ0n) is 36.7. The number of nitrogens with zero attached hydrogens (tertiary/aromatic N) is 3. The molecule has 4 aromatic carbocycles. The Bertz CT molecular complexity index is 2290. The lowest BCUT2D eigenvalue weighted by Crippen LogP contribution is -2.45. The summed E-state index contributed by atoms with van der Waals surface area (Å²) in [4.78, 5) is 86.2. The molecule has 0 saturated carbocycles. The van der Waals surface area contributed by atoms with Gasteiger partial charge in [0.15, 0.2) is 5.76 Å². The molecule has 0 bridgehead atoms. The molecule has 65 heavy (non-hydrogen) atoms. The maximum atomic E-state index is 13.8. The van der Waals surface area contributed by atoms with Gasteiger partial charge in [-0.15, -0.1) is 0 Å². The Labute approximate surface area is 377 Å². The van der Waals surface area contributed by atoms with Crippen molar-refractivity contribution in [2.24, 2.45) is 0 Å². The third kappa shape index (κ3) is 11.5. The van der Waals surface area contributed by atoms with Crippen LogP contribution in [0.25, 0.3) is 22.8 Å². The number of hydrogen-bond donors (Lipinski definition) is 4. The van der Waals surface area contributed by atoms with Crippen molar-refractivity contribution in [3.63, 3.8) is 0 Å². The summed E-state index contributed by atoms with van der Waals surface area (Å²) >= 11 is 0. The van der Waals surface area contributed by atoms with Gasteiger partial charge in [0, 0.05) is 88.6 Å². The van der Waals surface area contributed by atoms with Gasteiger partial charge in [-0.1, -0.05) is 60.7 Å². The molecular formula is C49H53N7O9. The molecule has 16 nitrogen and oxygen atoms in total. The lowest BCUT2D eigenvalue weighted by molar-refractivity contribution is -0.138. The van der Waals surface area contributed by atoms with E-state index in [0.29, 0.717) is 65.6 Å². The molecular weight excluding hydrogens is 831 g/mol. The molecule has 6 amide bonds. The number of benzene rings is 4. The van der Waals surface area contributed by atoms with E-state index < -0.39 is 24.2 Å². The topological polar surface area (TPSA) is 202 Å². The van der Waals surface area contributed by atoms with Gasteiger partial charge >= 0.3 is 0 Å². The Kier molecular flexibility index (Phi) is 14.8. The molecule has 0 radical (unpaired) electrons. The lowest BCUT2D eigenvalue weighted by Gasteiger charge is -2.29. The largest absolute Gasteiger partial charge is 0.436 e. The van der Waals surface area contributed by atoms with Crippen LogP contribution in [0.1, 0.15) is 62.7 Å². The highest BCUT2D eigenvalue weighted by Crippen LogP contribution is 2.31. The quantitative estimate of drug-likeness (QED) is 0.0960. The lowest BCUT2D eigenvalue weighted by atomic mass is 10.0. The Morgan fingerprint density at radius 2 is 1.03 bits per heavy atom. The average molecular weight is 884 g/mol. The van der Waals surface area contributed by atoms with Crippen molar-refractivity contribution in [2.45, 2.75) is 75.9 Å². The van der Waals surface area contributed by atoms with E-state index in [-0.39, 0.29) is 60.5 Å². The summed E-state index contributed by atoms with van der Waals surface area (Å²) in [6.07, 6.45) is 2.11. The highest BCUT2D eigenvalue weighted by Gasteiger charge is 2.41. The number of amides is 6. The number of hydrogen-bond acceptors (Lipinski definition) is 10. The smallest absolute Gasteiger partial charge is 0.250 e. The van der Waals surface area contributed by atoms with E-state index in [1.165, 1.54) is 13.8 Å². The summed E-state index contributed by atoms with van der Waals surface area (Å²) in [5, 5.41) is 11.4. The number of aromatic nitrogens is 1. The van der Waals surface area contributed by atoms with Crippen LogP contribution in [0.3, 0.4) is 0 Å². The second-order valence-electron chi connectivity index (χ2n) is 16.3. The summed E-state index contributed by atoms with van der Waals surface area (Å²) in [7, 11) is 3.15. The third-order valence-corrected chi connectivity index (χ3v) is 11.7. The van der Waals surface area contributed by atoms with Crippen LogP contribution in [-0.4, -0.2) is 102 Å². The Balaban J connectivity index is 0.934. The number of carbonyl (C=O) groups is 6. The highest BCUT2D eigenvalue weighted by molar-refractivity contribution is 5.94. The van der Waals surface area contributed by atoms with Crippen LogP contribution in [0.5, 0.6) is 0 Å². The maximum absolute atomic E-state index is 13.8. The summed E-state index contributed by atoms with van der Waals surface area (Å²) in [6, 6.07) is 29.5. The number of rotatable bonds is 16. The zero-order valence-corrected chi connectivity index (χ0v) is 36.7. The normalized spacial score (nSPS) is 19.0. The molecule has 2 aliphatic rings. The fourth-order valence-electron chi connectivity index (χ4n) is 8.43. The van der Waals surface area contributed by atoms with Crippen LogP contribution in [0, 0.1) is 0 Å². The Morgan fingerprint density at radius 3 is 1.43 bits per heavy atom. The van der Waals surface area contributed by atoms with Gasteiger partial charge in [-0.3, -0.25) is 28.8 Å². The summed E-state index contributed by atoms with van der Waals surface area (Å²) in [6.45, 7) is 3.32. The average Bonchev–Trinajstić information content (AvgIpc) is 4.07. The number of ether oxygens (including phenoxy) is 2. The van der Waals surface area contributed by atoms with Gasteiger partial charge in [0.2, 0.25) is 41.3 Å². The zero-order chi connectivity index (χ0) is 46.0. The second kappa shape index (κ2) is 21.0. The van der Waals surface area contributed by atoms with Gasteiger partial charge in [0.1, 0.15) is 12.1 Å². The molecule has 7 rings (SSSR count). The number of methoxy groups -OCH3 is 2. The fourth-order valence-corrected chi connectivity index (χ4v) is 8.43. The molecule has 2 unspecified atom stereocenters. The van der Waals surface area contributed by atoms with Crippen molar-refractivity contribution in [2.75, 3.05) is 37.9 Å². The predicted molar refractivity (Wildman–Crippen MR) is 242 cm³/mol. The molecule has 2 aliphatic heterocycles. The van der Waals surface area contributed by atoms with Crippen molar-refractivity contribution in [1.29, 1.82) is 0 Å². The molecule has 338 valence electrons. The second-order valence-corrected chi connectivity index (χ2v) is 16.3. The summed E-state index contributed by atoms with van der Waals surface area (Å²) < 4.78 is 17.3. The number of likely N-dealkylation sites (tertiary alicyclic amines) is 2. The van der Waals surface area contributed by atoms with Crippen molar-refractivity contribution in [1.82, 2.24) is 25.4 Å². The minimum absolute atomic E-state index is 0.0338. The van der Waals surface area contributed by atoms with E-state index in [0.717, 1.165) is 5.56 Å². The van der Waals surface area contributed by atoms with Crippen molar-refractivity contribution in [3.8, 4) is 22.8 Å². The van der Waals surface area contributed by atoms with Crippen LogP contribution in [0.2, 0.25) is 0 Å². The molecule has 1 aromatic heterocycles. The van der Waals surface area contributed by atoms with Crippen LogP contribution in [-0.2, 0) is 38.2 Å². The monoisotopic (exact) mass is 883 g/mol. The van der Waals surface area contributed by atoms with Gasteiger partial charge in [-0.25, -0.2) is 4.98 Å². The molecule has 16 heteroatoms. The Morgan fingerprint density at radius 1 is 0.615 bits per heavy atom. The van der Waals surface area contributed by atoms with E-state index in [1.807, 2.05) is 12.1 Å². The molecule has 2 fully saturated rings. The molecule has 2 saturated heterocycles. The third-order valence-electron chi connectivity index (χ3n) is 11.7. The van der Waals surface area contributed by atoms with Gasteiger partial charge in [0.25, 0.3) is 0 Å². The van der Waals surface area contributed by atoms with Gasteiger partial charge in [-0.2, -0.15) is 0 Å². The first-order valence-electron chi connectivity index (χ1n) is 21.5. The summed E-state index contributed by atoms with van der Waals surface area (Å²) in [5.41, 5.74) is 3.82. The number of carbonyl (C=O) groups excluding carboxylic acids is 6. The van der Waals surface area contributed by atoms with E-state index in [2.05, 4.69) is 26.3 Å². The van der Waals surface area contributed by atoms with Crippen molar-refractivity contribution >= 4 is 46.8 Å². The van der Waals surface area contributed by atoms with E-state index in [1.54, 1.807) is 127 Å². The SMILES string of the molecule is CO[C@H]1C[C@@H](CC(=O)Nc2ccc(-c3cnc(-c4ccc(NC(=O)C[C@@H]5C[C@H](OC)CN5C(=O)C(NC(C)=O)c5ccccc5)cc4)o3)cc2)N(C(=O)C(NC(C)=O)c2ccccc2)C1. The van der Waals surface area contributed by atoms with Gasteiger partial charge in [0.05, 0.1) is 18.4 Å². The fraction of sp³-hybridized carbons (Fsp3) is 0.327. The maximum Gasteiger partial charge on any atom is 0.250 e. The van der Waals surface area contributed by atoms with Crippen LogP contribution in [0.4, 0.5) is 11.4 Å². The first kappa shape index (κ1) is 45.8. The predicted octanol–water partition coefficient (Wildman–Crippen LogP) is 5.65. The van der Waals surface area contributed by atoms with Gasteiger partial charge < -0.3 is 45.0 Å². The summed E-state index contributed by atoms with van der Waals surface area (Å²) in [5.74, 6) is -0.977. The minimum Gasteiger partial charge on any atom is -0.436 e. The van der Waals surface area contributed by atoms with Crippen LogP contribution >= 0.6 is 0 Å². The number of oxazole rings is 1. The molecule has 3 heterocycles. The standard InChI is InChI=1S/C49H53N7O9/c1-30(57)51-45(33-11-7-5-8-12-33)48(61)55-28-40(63-3)23-38(55)25-43(59)53-36-19-15-32(16-20-36)42-27-50-47(65-42)35-17-21-37(22-18-35)54-44(60)26-39-24-41(64-4)29-56(39)49(62)46(52-31(2)58)34-13-9-6-10-14-34/h5-22,27,38-41,45-46H,23-26,28-29H2,1-4H3,(H,51,57)(H,52,58)(H,53,59)(H,54,60)/t38-,39-,40-,41-,45?,46?/m0/s1. The highest BCUT2D eigenvalue weighted by atomic mass is 16.5. The molecule has 4 N–H and O–H groups in total. The number of anilines is 2.